The Morgan fingerprint density at radius 3 is 2.77 bits per heavy atom. The predicted octanol–water partition coefficient (Wildman–Crippen LogP) is 0.684. The van der Waals surface area contributed by atoms with E-state index in [1.165, 1.54) is 11.8 Å². The molecule has 1 aromatic carbocycles. The van der Waals surface area contributed by atoms with E-state index in [0.29, 0.717) is 23.9 Å². The number of tetrazole rings is 1. The number of likely N-dealkylation sites (N-methyl/N-ethyl adjacent to an activating group) is 1. The van der Waals surface area contributed by atoms with E-state index in [4.69, 9.17) is 4.74 Å². The van der Waals surface area contributed by atoms with Crippen molar-refractivity contribution >= 4 is 24.0 Å². The molecule has 3 aromatic rings. The van der Waals surface area contributed by atoms with Crippen LogP contribution in [-0.4, -0.2) is 96.2 Å². The summed E-state index contributed by atoms with van der Waals surface area (Å²) < 4.78 is 9.43. The molecule has 13 nitrogen and oxygen atoms in total. The molecule has 2 aromatic heterocycles. The van der Waals surface area contributed by atoms with Gasteiger partial charge in [-0.05, 0) is 68.1 Å². The summed E-state index contributed by atoms with van der Waals surface area (Å²) in [7, 11) is 3.50. The number of aromatic nitrogens is 7. The molecule has 4 unspecified atom stereocenters. The average molecular weight is 557 g/mol. The first kappa shape index (κ1) is 28.8. The Morgan fingerprint density at radius 1 is 1.28 bits per heavy atom. The number of nitrogens with one attached hydrogen (secondary N) is 2. The maximum absolute atomic E-state index is 14.0. The fourth-order valence-electron chi connectivity index (χ4n) is 4.41. The Morgan fingerprint density at radius 2 is 2.08 bits per heavy atom. The normalized spacial score (nSPS) is 18.6. The quantitative estimate of drug-likeness (QED) is 0.270. The zero-order valence-corrected chi connectivity index (χ0v) is 23.5. The molecule has 3 heterocycles. The monoisotopic (exact) mass is 556 g/mol. The zero-order chi connectivity index (χ0) is 27.8. The molecule has 14 heteroatoms. The van der Waals surface area contributed by atoms with Crippen LogP contribution >= 0.6 is 11.8 Å². The van der Waals surface area contributed by atoms with Gasteiger partial charge in [-0.15, -0.1) is 10.2 Å². The molecule has 0 radical (unpaired) electrons. The molecule has 1 aliphatic heterocycles. The summed E-state index contributed by atoms with van der Waals surface area (Å²) in [6, 6.07) is 9.16. The van der Waals surface area contributed by atoms with Gasteiger partial charge in [-0.25, -0.2) is 4.68 Å². The van der Waals surface area contributed by atoms with Crippen LogP contribution in [0.25, 0.3) is 0 Å². The Labute approximate surface area is 232 Å². The molecule has 39 heavy (non-hydrogen) atoms. The molecule has 0 aliphatic carbocycles. The Balaban J connectivity index is 1.47. The summed E-state index contributed by atoms with van der Waals surface area (Å²) in [5.41, 5.74) is -0.159. The molecule has 4 rings (SSSR count). The second kappa shape index (κ2) is 13.2. The molecule has 0 saturated carbocycles. The lowest BCUT2D eigenvalue weighted by Crippen LogP contribution is -2.59. The smallest absolute Gasteiger partial charge is 0.242 e. The molecule has 2 N–H and O–H groups in total. The van der Waals surface area contributed by atoms with E-state index in [9.17, 15) is 9.59 Å². The van der Waals surface area contributed by atoms with E-state index in [1.807, 2.05) is 42.2 Å². The lowest BCUT2D eigenvalue weighted by atomic mass is 10.0. The predicted molar refractivity (Wildman–Crippen MR) is 144 cm³/mol. The number of aryl methyl sites for hydroxylation is 1. The van der Waals surface area contributed by atoms with Gasteiger partial charge in [0.1, 0.15) is 18.0 Å². The first-order valence-corrected chi connectivity index (χ1v) is 13.8. The van der Waals surface area contributed by atoms with E-state index in [1.54, 1.807) is 36.6 Å². The first-order chi connectivity index (χ1) is 18.8. The lowest BCUT2D eigenvalue weighted by molar-refractivity contribution is -0.139. The van der Waals surface area contributed by atoms with Crippen molar-refractivity contribution in [1.82, 2.24) is 50.7 Å². The average Bonchev–Trinajstić information content (AvgIpc) is 3.70. The molecule has 1 aliphatic rings. The van der Waals surface area contributed by atoms with E-state index >= 15 is 0 Å². The van der Waals surface area contributed by atoms with Gasteiger partial charge in [-0.3, -0.25) is 9.48 Å². The minimum Gasteiger partial charge on any atom is -0.370 e. The maximum atomic E-state index is 14.0. The minimum absolute atomic E-state index is 0.0747. The van der Waals surface area contributed by atoms with Gasteiger partial charge >= 0.3 is 0 Å². The highest BCUT2D eigenvalue weighted by Gasteiger charge is 2.37. The maximum Gasteiger partial charge on any atom is 0.242 e. The van der Waals surface area contributed by atoms with Gasteiger partial charge in [0, 0.05) is 25.0 Å². The van der Waals surface area contributed by atoms with Crippen LogP contribution < -0.4 is 10.6 Å². The Kier molecular flexibility index (Phi) is 9.78. The van der Waals surface area contributed by atoms with Gasteiger partial charge < -0.3 is 25.1 Å². The lowest BCUT2D eigenvalue weighted by Gasteiger charge is -2.34. The molecule has 4 atom stereocenters. The van der Waals surface area contributed by atoms with Crippen molar-refractivity contribution in [2.45, 2.75) is 73.6 Å². The second-order valence-corrected chi connectivity index (χ2v) is 11.0. The summed E-state index contributed by atoms with van der Waals surface area (Å²) in [4.78, 5) is 28.6. The van der Waals surface area contributed by atoms with Crippen molar-refractivity contribution in [1.29, 1.82) is 0 Å². The highest BCUT2D eigenvalue weighted by molar-refractivity contribution is 7.99. The summed E-state index contributed by atoms with van der Waals surface area (Å²) in [6.45, 7) is 5.21. The number of nitrogens with zero attached hydrogens (tertiary/aromatic N) is 8. The number of amides is 1. The Hall–Kier alpha value is -3.20. The van der Waals surface area contributed by atoms with Crippen LogP contribution in [-0.2, 0) is 34.5 Å². The third-order valence-electron chi connectivity index (χ3n) is 6.90. The van der Waals surface area contributed by atoms with Gasteiger partial charge in [-0.2, -0.15) is 0 Å². The fourth-order valence-corrected chi connectivity index (χ4v) is 5.21. The van der Waals surface area contributed by atoms with Crippen molar-refractivity contribution in [3.8, 4) is 0 Å². The van der Waals surface area contributed by atoms with Crippen molar-refractivity contribution in [2.24, 2.45) is 7.05 Å². The minimum atomic E-state index is -0.830. The van der Waals surface area contributed by atoms with E-state index in [2.05, 4.69) is 36.5 Å². The van der Waals surface area contributed by atoms with Gasteiger partial charge in [0.15, 0.2) is 0 Å². The summed E-state index contributed by atoms with van der Waals surface area (Å²) in [5.74, 6) is -0.0844. The molecule has 1 saturated heterocycles. The summed E-state index contributed by atoms with van der Waals surface area (Å²) >= 11 is 1.49. The molecule has 0 bridgehead atoms. The number of aldehydes is 1. The van der Waals surface area contributed by atoms with Crippen LogP contribution in [0.1, 0.15) is 32.4 Å². The van der Waals surface area contributed by atoms with Crippen LogP contribution in [0.15, 0.2) is 46.6 Å². The number of hydrogen-bond acceptors (Lipinski definition) is 11. The highest BCUT2D eigenvalue weighted by atomic mass is 32.2. The third kappa shape index (κ3) is 7.47. The standard InChI is InChI=1S/C25H36N10O3S/c1-18(38-15-19-13-33(4)31-28-19)22(27-16-25(2,17-36)26-3)23(37)34-12-8-9-20(34)14-35-24(29-30-32-35)39-21-10-6-5-7-11-21/h5-7,10-11,13,17-18,20,22,26-27H,8-9,12,14-16H2,1-4H3. The number of carbonyl (C=O) groups excluding carboxylic acids is 2. The number of benzene rings is 1. The van der Waals surface area contributed by atoms with E-state index in [0.717, 1.165) is 24.0 Å². The number of likely N-dealkylation sites (tertiary alicyclic amines) is 1. The van der Waals surface area contributed by atoms with Gasteiger partial charge in [0.2, 0.25) is 11.1 Å². The zero-order valence-electron chi connectivity index (χ0n) is 22.7. The van der Waals surface area contributed by atoms with Crippen LogP contribution in [0.4, 0.5) is 0 Å². The molecule has 210 valence electrons. The fraction of sp³-hybridized carbons (Fsp3) is 0.560. The molecular weight excluding hydrogens is 520 g/mol. The second-order valence-electron chi connectivity index (χ2n) is 9.93. The van der Waals surface area contributed by atoms with Gasteiger partial charge in [-0.1, -0.05) is 23.4 Å². The largest absolute Gasteiger partial charge is 0.370 e. The first-order valence-electron chi connectivity index (χ1n) is 13.0. The number of rotatable bonds is 14. The van der Waals surface area contributed by atoms with Crippen LogP contribution in [0.3, 0.4) is 0 Å². The molecule has 1 amide bonds. The molecule has 0 spiro atoms. The topological polar surface area (TPSA) is 145 Å². The van der Waals surface area contributed by atoms with Crippen molar-refractivity contribution in [3.63, 3.8) is 0 Å². The summed E-state index contributed by atoms with van der Waals surface area (Å²) in [5, 5.41) is 27.3. The third-order valence-corrected chi connectivity index (χ3v) is 7.88. The van der Waals surface area contributed by atoms with Crippen LogP contribution in [0, 0.1) is 0 Å². The van der Waals surface area contributed by atoms with Gasteiger partial charge in [0.25, 0.3) is 0 Å². The van der Waals surface area contributed by atoms with E-state index in [-0.39, 0.29) is 25.1 Å². The van der Waals surface area contributed by atoms with Crippen LogP contribution in [0.5, 0.6) is 0 Å². The van der Waals surface area contributed by atoms with Crippen molar-refractivity contribution in [3.05, 3.63) is 42.2 Å². The summed E-state index contributed by atoms with van der Waals surface area (Å²) in [6.07, 6.45) is 3.84. The number of carbonyl (C=O) groups is 2. The molecule has 1 fully saturated rings. The van der Waals surface area contributed by atoms with Crippen LogP contribution in [0.2, 0.25) is 0 Å². The van der Waals surface area contributed by atoms with Crippen molar-refractivity contribution in [2.75, 3.05) is 20.1 Å². The molecular formula is C25H36N10O3S. The number of hydrogen-bond donors (Lipinski definition) is 2. The highest BCUT2D eigenvalue weighted by Crippen LogP contribution is 2.27. The van der Waals surface area contributed by atoms with Gasteiger partial charge in [0.05, 0.1) is 37.0 Å². The Bertz CT molecular complexity index is 1220. The number of ether oxygens (including phenoxy) is 1. The van der Waals surface area contributed by atoms with E-state index < -0.39 is 17.7 Å². The van der Waals surface area contributed by atoms with Crippen molar-refractivity contribution < 1.29 is 14.3 Å². The SMILES string of the molecule is CNC(C)(C=O)CNC(C(=O)N1CCCC1Cn1nnnc1Sc1ccccc1)C(C)OCc1cn(C)nn1.